The van der Waals surface area contributed by atoms with Crippen LogP contribution in [0.2, 0.25) is 0 Å². The standard InChI is InChI=1S/C21H19FN8O2/c1-30(15-5-3-2-4-14(15)22)21-27-17(26-20(23)28-21)18-25-19(32-29-18)13-8-9-16(24-10-13)31-11-12-6-7-12/h2-5,8-10,12H,6-7,11H2,1H3,(H2,23,26,27,28). The van der Waals surface area contributed by atoms with Crippen LogP contribution in [0.25, 0.3) is 23.1 Å². The number of nitrogens with two attached hydrogens (primary N) is 1. The predicted molar refractivity (Wildman–Crippen MR) is 113 cm³/mol. The number of hydrogen-bond donors (Lipinski definition) is 1. The number of nitrogen functional groups attached to an aromatic ring is 1. The number of halogens is 1. The molecule has 162 valence electrons. The first-order chi connectivity index (χ1) is 15.6. The zero-order valence-electron chi connectivity index (χ0n) is 17.1. The topological polar surface area (TPSA) is 129 Å². The smallest absolute Gasteiger partial charge is 0.259 e. The number of anilines is 3. The molecular formula is C21H19FN8O2. The molecule has 0 aliphatic heterocycles. The highest BCUT2D eigenvalue weighted by molar-refractivity contribution is 5.61. The number of aromatic nitrogens is 6. The number of pyridine rings is 1. The summed E-state index contributed by atoms with van der Waals surface area (Å²) in [6.07, 6.45) is 4.02. The molecule has 3 heterocycles. The highest BCUT2D eigenvalue weighted by Crippen LogP contribution is 2.30. The van der Waals surface area contributed by atoms with Crippen LogP contribution in [-0.4, -0.2) is 43.7 Å². The Kier molecular flexibility index (Phi) is 5.06. The van der Waals surface area contributed by atoms with Gasteiger partial charge >= 0.3 is 0 Å². The molecule has 4 aromatic rings. The van der Waals surface area contributed by atoms with E-state index < -0.39 is 5.82 Å². The van der Waals surface area contributed by atoms with E-state index in [9.17, 15) is 4.39 Å². The van der Waals surface area contributed by atoms with Crippen molar-refractivity contribution in [3.8, 4) is 29.0 Å². The van der Waals surface area contributed by atoms with E-state index in [1.165, 1.54) is 23.8 Å². The fraction of sp³-hybridized carbons (Fsp3) is 0.238. The average Bonchev–Trinajstić information content (AvgIpc) is 3.51. The maximum absolute atomic E-state index is 14.2. The van der Waals surface area contributed by atoms with Gasteiger partial charge in [0, 0.05) is 19.3 Å². The van der Waals surface area contributed by atoms with Crippen molar-refractivity contribution in [1.29, 1.82) is 0 Å². The Bertz CT molecular complexity index is 1240. The maximum atomic E-state index is 14.2. The Balaban J connectivity index is 1.38. The Labute approximate surface area is 182 Å². The lowest BCUT2D eigenvalue weighted by atomic mass is 10.3. The van der Waals surface area contributed by atoms with Gasteiger partial charge in [-0.25, -0.2) is 9.37 Å². The summed E-state index contributed by atoms with van der Waals surface area (Å²) in [5.74, 6) is 1.31. The Morgan fingerprint density at radius 3 is 2.69 bits per heavy atom. The van der Waals surface area contributed by atoms with Gasteiger partial charge < -0.3 is 19.9 Å². The van der Waals surface area contributed by atoms with E-state index in [2.05, 4.69) is 30.1 Å². The number of rotatable bonds is 7. The molecule has 11 heteroatoms. The lowest BCUT2D eigenvalue weighted by Crippen LogP contribution is -2.16. The van der Waals surface area contributed by atoms with E-state index in [1.54, 1.807) is 43.6 Å². The summed E-state index contributed by atoms with van der Waals surface area (Å²) in [5.41, 5.74) is 6.75. The number of para-hydroxylation sites is 1. The molecule has 1 saturated carbocycles. The molecule has 2 N–H and O–H groups in total. The molecule has 1 aliphatic carbocycles. The van der Waals surface area contributed by atoms with Crippen LogP contribution in [-0.2, 0) is 0 Å². The minimum Gasteiger partial charge on any atom is -0.477 e. The van der Waals surface area contributed by atoms with E-state index in [0.29, 0.717) is 24.0 Å². The first-order valence-corrected chi connectivity index (χ1v) is 10.00. The molecule has 0 spiro atoms. The van der Waals surface area contributed by atoms with Crippen LogP contribution in [0.5, 0.6) is 5.88 Å². The molecule has 0 unspecified atom stereocenters. The van der Waals surface area contributed by atoms with Gasteiger partial charge in [-0.15, -0.1) is 0 Å². The molecule has 0 amide bonds. The van der Waals surface area contributed by atoms with Gasteiger partial charge in [0.25, 0.3) is 5.89 Å². The van der Waals surface area contributed by atoms with Crippen LogP contribution in [0, 0.1) is 11.7 Å². The third-order valence-electron chi connectivity index (χ3n) is 4.93. The quantitative estimate of drug-likeness (QED) is 0.462. The van der Waals surface area contributed by atoms with Crippen LogP contribution < -0.4 is 15.4 Å². The van der Waals surface area contributed by atoms with Gasteiger partial charge in [0.15, 0.2) is 0 Å². The minimum atomic E-state index is -0.422. The highest BCUT2D eigenvalue weighted by atomic mass is 19.1. The van der Waals surface area contributed by atoms with Gasteiger partial charge in [0.2, 0.25) is 29.4 Å². The number of ether oxygens (including phenoxy) is 1. The lowest BCUT2D eigenvalue weighted by molar-refractivity contribution is 0.288. The van der Waals surface area contributed by atoms with E-state index >= 15 is 0 Å². The van der Waals surface area contributed by atoms with Crippen molar-refractivity contribution in [2.45, 2.75) is 12.8 Å². The van der Waals surface area contributed by atoms with Crippen LogP contribution >= 0.6 is 0 Å². The number of nitrogens with zero attached hydrogens (tertiary/aromatic N) is 7. The third-order valence-corrected chi connectivity index (χ3v) is 4.93. The van der Waals surface area contributed by atoms with Crippen LogP contribution in [0.15, 0.2) is 47.1 Å². The summed E-state index contributed by atoms with van der Waals surface area (Å²) in [6, 6.07) is 9.80. The predicted octanol–water partition coefficient (Wildman–Crippen LogP) is 3.26. The molecule has 1 aliphatic rings. The molecule has 1 fully saturated rings. The molecule has 0 saturated heterocycles. The molecule has 5 rings (SSSR count). The fourth-order valence-electron chi connectivity index (χ4n) is 2.97. The van der Waals surface area contributed by atoms with E-state index in [1.807, 2.05) is 0 Å². The van der Waals surface area contributed by atoms with Gasteiger partial charge in [-0.2, -0.15) is 19.9 Å². The molecule has 0 atom stereocenters. The number of benzene rings is 1. The normalized spacial score (nSPS) is 13.2. The molecule has 3 aromatic heterocycles. The van der Waals surface area contributed by atoms with Crippen molar-refractivity contribution >= 4 is 17.6 Å². The van der Waals surface area contributed by atoms with E-state index in [-0.39, 0.29) is 35.1 Å². The summed E-state index contributed by atoms with van der Waals surface area (Å²) >= 11 is 0. The van der Waals surface area contributed by atoms with Gasteiger partial charge in [0.1, 0.15) is 5.82 Å². The summed E-state index contributed by atoms with van der Waals surface area (Å²) in [6.45, 7) is 0.682. The molecule has 1 aromatic carbocycles. The second-order valence-electron chi connectivity index (χ2n) is 7.39. The molecule has 10 nitrogen and oxygen atoms in total. The van der Waals surface area contributed by atoms with Crippen LogP contribution in [0.4, 0.5) is 22.0 Å². The highest BCUT2D eigenvalue weighted by Gasteiger charge is 2.22. The van der Waals surface area contributed by atoms with Gasteiger partial charge in [-0.05, 0) is 37.0 Å². The Hall–Kier alpha value is -4.15. The monoisotopic (exact) mass is 434 g/mol. The fourth-order valence-corrected chi connectivity index (χ4v) is 2.97. The summed E-state index contributed by atoms with van der Waals surface area (Å²) in [4.78, 5) is 22.6. The summed E-state index contributed by atoms with van der Waals surface area (Å²) in [7, 11) is 1.62. The zero-order valence-corrected chi connectivity index (χ0v) is 17.1. The van der Waals surface area contributed by atoms with Crippen molar-refractivity contribution < 1.29 is 13.7 Å². The van der Waals surface area contributed by atoms with Gasteiger partial charge in [0.05, 0.1) is 17.9 Å². The van der Waals surface area contributed by atoms with Crippen molar-refractivity contribution in [1.82, 2.24) is 30.1 Å². The number of hydrogen-bond acceptors (Lipinski definition) is 10. The largest absolute Gasteiger partial charge is 0.477 e. The Morgan fingerprint density at radius 2 is 1.94 bits per heavy atom. The van der Waals surface area contributed by atoms with Crippen molar-refractivity contribution in [2.75, 3.05) is 24.3 Å². The molecular weight excluding hydrogens is 415 g/mol. The molecule has 32 heavy (non-hydrogen) atoms. The summed E-state index contributed by atoms with van der Waals surface area (Å²) in [5, 5.41) is 3.94. The molecule has 0 radical (unpaired) electrons. The van der Waals surface area contributed by atoms with Gasteiger partial charge in [-0.1, -0.05) is 17.3 Å². The van der Waals surface area contributed by atoms with Crippen molar-refractivity contribution in [3.05, 3.63) is 48.4 Å². The van der Waals surface area contributed by atoms with E-state index in [0.717, 1.165) is 0 Å². The van der Waals surface area contributed by atoms with Crippen LogP contribution in [0.3, 0.4) is 0 Å². The van der Waals surface area contributed by atoms with Crippen molar-refractivity contribution in [2.24, 2.45) is 5.92 Å². The zero-order chi connectivity index (χ0) is 22.1. The first kappa shape index (κ1) is 19.8. The molecule has 0 bridgehead atoms. The first-order valence-electron chi connectivity index (χ1n) is 10.00. The van der Waals surface area contributed by atoms with E-state index in [4.69, 9.17) is 15.0 Å². The second-order valence-corrected chi connectivity index (χ2v) is 7.39. The average molecular weight is 434 g/mol. The van der Waals surface area contributed by atoms with Crippen LogP contribution in [0.1, 0.15) is 12.8 Å². The minimum absolute atomic E-state index is 0.0571. The summed E-state index contributed by atoms with van der Waals surface area (Å²) < 4.78 is 25.1. The second kappa shape index (κ2) is 8.17. The Morgan fingerprint density at radius 1 is 1.09 bits per heavy atom. The lowest BCUT2D eigenvalue weighted by Gasteiger charge is -2.17. The van der Waals surface area contributed by atoms with Gasteiger partial charge in [-0.3, -0.25) is 0 Å². The maximum Gasteiger partial charge on any atom is 0.259 e. The SMILES string of the molecule is CN(c1nc(N)nc(-c2noc(-c3ccc(OCC4CC4)nc3)n2)n1)c1ccccc1F. The van der Waals surface area contributed by atoms with Crippen molar-refractivity contribution in [3.63, 3.8) is 0 Å². The third kappa shape index (κ3) is 4.17.